The number of carbonyl (C=O) groups excluding carboxylic acids is 1. The third-order valence-corrected chi connectivity index (χ3v) is 2.96. The van der Waals surface area contributed by atoms with Crippen LogP contribution in [0.4, 0.5) is 5.82 Å². The van der Waals surface area contributed by atoms with Crippen LogP contribution in [0.3, 0.4) is 0 Å². The predicted octanol–water partition coefficient (Wildman–Crippen LogP) is -0.207. The lowest BCUT2D eigenvalue weighted by molar-refractivity contribution is 0.0572. The molecule has 0 radical (unpaired) electrons. The number of hydrogen-bond acceptors (Lipinski definition) is 6. The van der Waals surface area contributed by atoms with Gasteiger partial charge in [-0.15, -0.1) is 0 Å². The zero-order valence-corrected chi connectivity index (χ0v) is 9.92. The zero-order chi connectivity index (χ0) is 12.6. The van der Waals surface area contributed by atoms with Crippen LogP contribution in [-0.4, -0.2) is 51.8 Å². The van der Waals surface area contributed by atoms with E-state index in [0.717, 1.165) is 0 Å². The molecule has 2 atom stereocenters. The van der Waals surface area contributed by atoms with Crippen LogP contribution < -0.4 is 4.90 Å². The van der Waals surface area contributed by atoms with Gasteiger partial charge in [0.1, 0.15) is 16.8 Å². The normalized spacial score (nSPS) is 24.1. The summed E-state index contributed by atoms with van der Waals surface area (Å²) in [7, 11) is 0. The molecule has 2 unspecified atom stereocenters. The molecule has 1 saturated heterocycles. The molecule has 0 saturated carbocycles. The second-order valence-electron chi connectivity index (χ2n) is 3.96. The third-order valence-electron chi connectivity index (χ3n) is 2.67. The van der Waals surface area contributed by atoms with Crippen LogP contribution in [0.2, 0.25) is 5.15 Å². The number of aryl methyl sites for hydroxylation is 1. The minimum absolute atomic E-state index is 0.0818. The number of aldehydes is 1. The van der Waals surface area contributed by atoms with Crippen LogP contribution in [0.1, 0.15) is 16.2 Å². The van der Waals surface area contributed by atoms with Crippen LogP contribution in [0.5, 0.6) is 0 Å². The van der Waals surface area contributed by atoms with Crippen LogP contribution in [0, 0.1) is 6.92 Å². The van der Waals surface area contributed by atoms with E-state index in [1.807, 2.05) is 0 Å². The Labute approximate surface area is 103 Å². The molecule has 7 heteroatoms. The van der Waals surface area contributed by atoms with Gasteiger partial charge in [-0.25, -0.2) is 9.97 Å². The van der Waals surface area contributed by atoms with Crippen molar-refractivity contribution in [3.05, 3.63) is 16.5 Å². The molecule has 2 rings (SSSR count). The Bertz CT molecular complexity index is 445. The molecule has 0 amide bonds. The first-order valence-electron chi connectivity index (χ1n) is 5.13. The summed E-state index contributed by atoms with van der Waals surface area (Å²) in [5.41, 5.74) is 0.179. The second kappa shape index (κ2) is 4.56. The van der Waals surface area contributed by atoms with Crippen molar-refractivity contribution < 1.29 is 15.0 Å². The first-order valence-corrected chi connectivity index (χ1v) is 5.51. The number of hydrogen-bond donors (Lipinski definition) is 2. The maximum absolute atomic E-state index is 11.0. The van der Waals surface area contributed by atoms with Crippen molar-refractivity contribution in [3.63, 3.8) is 0 Å². The first kappa shape index (κ1) is 12.2. The lowest BCUT2D eigenvalue weighted by atomic mass is 10.3. The number of halogens is 1. The third kappa shape index (κ3) is 2.24. The predicted molar refractivity (Wildman–Crippen MR) is 61.4 cm³/mol. The number of rotatable bonds is 2. The van der Waals surface area contributed by atoms with Crippen LogP contribution in [0.15, 0.2) is 0 Å². The highest BCUT2D eigenvalue weighted by Crippen LogP contribution is 2.26. The van der Waals surface area contributed by atoms with E-state index in [1.165, 1.54) is 0 Å². The second-order valence-corrected chi connectivity index (χ2v) is 4.31. The first-order chi connectivity index (χ1) is 8.02. The minimum atomic E-state index is -0.844. The van der Waals surface area contributed by atoms with Crippen molar-refractivity contribution in [2.45, 2.75) is 19.1 Å². The van der Waals surface area contributed by atoms with Gasteiger partial charge in [-0.05, 0) is 6.92 Å². The number of carbonyl (C=O) groups is 1. The fraction of sp³-hybridized carbons (Fsp3) is 0.500. The largest absolute Gasteiger partial charge is 0.389 e. The molecule has 1 aromatic heterocycles. The van der Waals surface area contributed by atoms with Gasteiger partial charge in [-0.3, -0.25) is 4.79 Å². The fourth-order valence-electron chi connectivity index (χ4n) is 1.82. The number of aliphatic hydroxyl groups excluding tert-OH is 2. The molecule has 0 spiro atoms. The maximum atomic E-state index is 11.0. The van der Waals surface area contributed by atoms with E-state index in [-0.39, 0.29) is 23.8 Å². The molecule has 1 aliphatic rings. The van der Waals surface area contributed by atoms with Crippen molar-refractivity contribution in [2.24, 2.45) is 0 Å². The van der Waals surface area contributed by atoms with E-state index in [2.05, 4.69) is 9.97 Å². The van der Waals surface area contributed by atoms with E-state index in [1.54, 1.807) is 11.8 Å². The summed E-state index contributed by atoms with van der Waals surface area (Å²) in [4.78, 5) is 20.6. The molecule has 2 heterocycles. The van der Waals surface area contributed by atoms with Crippen LogP contribution in [-0.2, 0) is 0 Å². The molecule has 2 N–H and O–H groups in total. The molecular weight excluding hydrogens is 246 g/mol. The molecule has 0 bridgehead atoms. The molecular formula is C10H12ClN3O3. The molecule has 17 heavy (non-hydrogen) atoms. The van der Waals surface area contributed by atoms with E-state index >= 15 is 0 Å². The Kier molecular flexibility index (Phi) is 3.28. The van der Waals surface area contributed by atoms with Crippen LogP contribution >= 0.6 is 11.6 Å². The average Bonchev–Trinajstić information content (AvgIpc) is 2.58. The molecule has 1 aliphatic heterocycles. The highest BCUT2D eigenvalue weighted by atomic mass is 35.5. The molecule has 0 aromatic carbocycles. The van der Waals surface area contributed by atoms with Crippen molar-refractivity contribution in [3.8, 4) is 0 Å². The number of nitrogens with zero attached hydrogens (tertiary/aromatic N) is 3. The Morgan fingerprint density at radius 3 is 2.47 bits per heavy atom. The molecule has 1 aromatic rings. The number of aliphatic hydroxyl groups is 2. The Morgan fingerprint density at radius 1 is 1.35 bits per heavy atom. The molecule has 92 valence electrons. The van der Waals surface area contributed by atoms with Crippen molar-refractivity contribution in [1.82, 2.24) is 9.97 Å². The summed E-state index contributed by atoms with van der Waals surface area (Å²) < 4.78 is 0. The van der Waals surface area contributed by atoms with Gasteiger partial charge < -0.3 is 15.1 Å². The fourth-order valence-corrected chi connectivity index (χ4v) is 2.07. The monoisotopic (exact) mass is 257 g/mol. The molecule has 6 nitrogen and oxygen atoms in total. The Hall–Kier alpha value is -1.24. The lowest BCUT2D eigenvalue weighted by Crippen LogP contribution is -2.24. The summed E-state index contributed by atoms with van der Waals surface area (Å²) >= 11 is 5.85. The quantitative estimate of drug-likeness (QED) is 0.563. The van der Waals surface area contributed by atoms with E-state index in [4.69, 9.17) is 11.6 Å². The molecule has 0 aliphatic carbocycles. The van der Waals surface area contributed by atoms with E-state index in [0.29, 0.717) is 17.9 Å². The number of aromatic nitrogens is 2. The Morgan fingerprint density at radius 2 is 1.94 bits per heavy atom. The summed E-state index contributed by atoms with van der Waals surface area (Å²) in [5, 5.41) is 19.0. The van der Waals surface area contributed by atoms with Gasteiger partial charge in [0.2, 0.25) is 0 Å². The van der Waals surface area contributed by atoms with Gasteiger partial charge in [0, 0.05) is 13.1 Å². The SMILES string of the molecule is Cc1nc(Cl)c(C=O)c(N2CC(O)C(O)C2)n1. The van der Waals surface area contributed by atoms with Gasteiger partial charge in [0.25, 0.3) is 0 Å². The topological polar surface area (TPSA) is 86.6 Å². The van der Waals surface area contributed by atoms with Crippen LogP contribution in [0.25, 0.3) is 0 Å². The highest BCUT2D eigenvalue weighted by molar-refractivity contribution is 6.32. The van der Waals surface area contributed by atoms with Gasteiger partial charge in [0.15, 0.2) is 6.29 Å². The smallest absolute Gasteiger partial charge is 0.156 e. The van der Waals surface area contributed by atoms with Gasteiger partial charge >= 0.3 is 0 Å². The summed E-state index contributed by atoms with van der Waals surface area (Å²) in [5.74, 6) is 0.791. The minimum Gasteiger partial charge on any atom is -0.389 e. The summed E-state index contributed by atoms with van der Waals surface area (Å²) in [6, 6.07) is 0. The van der Waals surface area contributed by atoms with Gasteiger partial charge in [-0.1, -0.05) is 11.6 Å². The average molecular weight is 258 g/mol. The standard InChI is InChI=1S/C10H12ClN3O3/c1-5-12-9(11)6(4-15)10(13-5)14-2-7(16)8(17)3-14/h4,7-8,16-17H,2-3H2,1H3. The molecule has 1 fully saturated rings. The van der Waals surface area contributed by atoms with Gasteiger partial charge in [0.05, 0.1) is 17.8 Å². The van der Waals surface area contributed by atoms with Crippen molar-refractivity contribution in [1.29, 1.82) is 0 Å². The Balaban J connectivity index is 2.41. The zero-order valence-electron chi connectivity index (χ0n) is 9.17. The highest BCUT2D eigenvalue weighted by Gasteiger charge is 2.32. The maximum Gasteiger partial charge on any atom is 0.156 e. The van der Waals surface area contributed by atoms with Gasteiger partial charge in [-0.2, -0.15) is 0 Å². The number of β-amino-alcohol motifs (C(OH)–C–C–N with tert-alkyl or cyclic N) is 2. The summed E-state index contributed by atoms with van der Waals surface area (Å²) in [6.45, 7) is 2.09. The van der Waals surface area contributed by atoms with Crippen molar-refractivity contribution in [2.75, 3.05) is 18.0 Å². The van der Waals surface area contributed by atoms with E-state index in [9.17, 15) is 15.0 Å². The van der Waals surface area contributed by atoms with E-state index < -0.39 is 12.2 Å². The number of anilines is 1. The lowest BCUT2D eigenvalue weighted by Gasteiger charge is -2.18. The summed E-state index contributed by atoms with van der Waals surface area (Å²) in [6.07, 6.45) is -1.11. The van der Waals surface area contributed by atoms with Crippen molar-refractivity contribution >= 4 is 23.7 Å².